The molecule has 0 aliphatic rings. The van der Waals surface area contributed by atoms with Crippen molar-refractivity contribution in [2.75, 3.05) is 34.4 Å². The zero-order valence-corrected chi connectivity index (χ0v) is 17.0. The Labute approximate surface area is 170 Å². The second kappa shape index (κ2) is 11.1. The van der Waals surface area contributed by atoms with Gasteiger partial charge in [0.1, 0.15) is 24.2 Å². The second-order valence-electron chi connectivity index (χ2n) is 6.86. The van der Waals surface area contributed by atoms with E-state index in [9.17, 15) is 9.59 Å². The first kappa shape index (κ1) is 22.2. The third-order valence-corrected chi connectivity index (χ3v) is 4.23. The van der Waals surface area contributed by atoms with E-state index in [-0.39, 0.29) is 6.61 Å². The Morgan fingerprint density at radius 1 is 1.07 bits per heavy atom. The molecular formula is C22H27NO6. The van der Waals surface area contributed by atoms with E-state index in [2.05, 4.69) is 0 Å². The molecule has 0 aromatic heterocycles. The average molecular weight is 401 g/mol. The van der Waals surface area contributed by atoms with Crippen LogP contribution in [0.25, 0.3) is 0 Å². The Hall–Kier alpha value is -3.06. The number of carbonyl (C=O) groups is 2. The number of nitrogens with zero attached hydrogens (tertiary/aromatic N) is 1. The van der Waals surface area contributed by atoms with Crippen molar-refractivity contribution < 1.29 is 28.9 Å². The SMILES string of the molecule is COc1cccc(CCc2ccccc2OC[C@H](CN(C)C)OC(=O)C(=O)O)c1. The van der Waals surface area contributed by atoms with Crippen molar-refractivity contribution in [1.82, 2.24) is 4.90 Å². The van der Waals surface area contributed by atoms with Gasteiger partial charge in [-0.1, -0.05) is 30.3 Å². The van der Waals surface area contributed by atoms with Crippen molar-refractivity contribution >= 4 is 11.9 Å². The number of carboxylic acid groups (broad SMARTS) is 1. The van der Waals surface area contributed by atoms with Gasteiger partial charge in [-0.05, 0) is 56.3 Å². The summed E-state index contributed by atoms with van der Waals surface area (Å²) in [5, 5.41) is 8.77. The molecule has 0 aliphatic heterocycles. The number of benzene rings is 2. The number of hydrogen-bond donors (Lipinski definition) is 1. The molecule has 0 bridgehead atoms. The van der Waals surface area contributed by atoms with E-state index in [1.807, 2.05) is 62.6 Å². The maximum Gasteiger partial charge on any atom is 0.417 e. The van der Waals surface area contributed by atoms with Gasteiger partial charge in [0.05, 0.1) is 7.11 Å². The molecule has 2 aromatic carbocycles. The third-order valence-electron chi connectivity index (χ3n) is 4.23. The van der Waals surface area contributed by atoms with Gasteiger partial charge in [0.25, 0.3) is 0 Å². The number of ether oxygens (including phenoxy) is 3. The minimum Gasteiger partial charge on any atom is -0.497 e. The molecule has 0 aliphatic carbocycles. The van der Waals surface area contributed by atoms with Gasteiger partial charge in [-0.15, -0.1) is 0 Å². The Bertz CT molecular complexity index is 820. The molecule has 0 radical (unpaired) electrons. The first-order valence-electron chi connectivity index (χ1n) is 9.31. The quantitative estimate of drug-likeness (QED) is 0.483. The fourth-order valence-electron chi connectivity index (χ4n) is 2.87. The van der Waals surface area contributed by atoms with Crippen molar-refractivity contribution in [3.8, 4) is 11.5 Å². The molecule has 2 rings (SSSR count). The lowest BCUT2D eigenvalue weighted by atomic mass is 10.0. The third kappa shape index (κ3) is 7.46. The topological polar surface area (TPSA) is 85.3 Å². The highest BCUT2D eigenvalue weighted by Crippen LogP contribution is 2.22. The van der Waals surface area contributed by atoms with Crippen LogP contribution in [0, 0.1) is 0 Å². The van der Waals surface area contributed by atoms with Crippen LogP contribution in [0.5, 0.6) is 11.5 Å². The van der Waals surface area contributed by atoms with Crippen LogP contribution in [0.2, 0.25) is 0 Å². The molecule has 1 N–H and O–H groups in total. The van der Waals surface area contributed by atoms with Crippen molar-refractivity contribution in [2.24, 2.45) is 0 Å². The number of hydrogen-bond acceptors (Lipinski definition) is 6. The van der Waals surface area contributed by atoms with Crippen molar-refractivity contribution in [3.05, 3.63) is 59.7 Å². The standard InChI is InChI=1S/C22H27NO6/c1-23(2)14-19(29-22(26)21(24)25)15-28-20-10-5-4-8-17(20)12-11-16-7-6-9-18(13-16)27-3/h4-10,13,19H,11-12,14-15H2,1-3H3,(H,24,25)/t19-/m0/s1. The molecule has 1 atom stereocenters. The molecule has 7 nitrogen and oxygen atoms in total. The molecule has 29 heavy (non-hydrogen) atoms. The molecule has 0 heterocycles. The lowest BCUT2D eigenvalue weighted by molar-refractivity contribution is -0.168. The smallest absolute Gasteiger partial charge is 0.417 e. The molecule has 7 heteroatoms. The maximum atomic E-state index is 11.4. The van der Waals surface area contributed by atoms with Crippen molar-refractivity contribution in [2.45, 2.75) is 18.9 Å². The van der Waals surface area contributed by atoms with E-state index in [0.717, 1.165) is 29.7 Å². The lowest BCUT2D eigenvalue weighted by Gasteiger charge is -2.21. The number of methoxy groups -OCH3 is 1. The van der Waals surface area contributed by atoms with E-state index >= 15 is 0 Å². The molecule has 0 spiro atoms. The van der Waals surface area contributed by atoms with E-state index in [0.29, 0.717) is 12.3 Å². The van der Waals surface area contributed by atoms with Gasteiger partial charge in [0.15, 0.2) is 0 Å². The van der Waals surface area contributed by atoms with Crippen LogP contribution < -0.4 is 9.47 Å². The first-order chi connectivity index (χ1) is 13.9. The molecular weight excluding hydrogens is 374 g/mol. The molecule has 2 aromatic rings. The van der Waals surface area contributed by atoms with Gasteiger partial charge in [-0.2, -0.15) is 0 Å². The van der Waals surface area contributed by atoms with Gasteiger partial charge in [-0.25, -0.2) is 9.59 Å². The van der Waals surface area contributed by atoms with Crippen LogP contribution in [0.3, 0.4) is 0 Å². The summed E-state index contributed by atoms with van der Waals surface area (Å²) in [4.78, 5) is 24.0. The number of likely N-dealkylation sites (N-methyl/N-ethyl adjacent to an activating group) is 1. The molecule has 0 unspecified atom stereocenters. The summed E-state index contributed by atoms with van der Waals surface area (Å²) in [5.41, 5.74) is 2.17. The van der Waals surface area contributed by atoms with Gasteiger partial charge < -0.3 is 24.2 Å². The van der Waals surface area contributed by atoms with Crippen LogP contribution >= 0.6 is 0 Å². The second-order valence-corrected chi connectivity index (χ2v) is 6.86. The van der Waals surface area contributed by atoms with Crippen LogP contribution in [0.4, 0.5) is 0 Å². The zero-order chi connectivity index (χ0) is 21.2. The van der Waals surface area contributed by atoms with Crippen LogP contribution in [0.1, 0.15) is 11.1 Å². The van der Waals surface area contributed by atoms with Gasteiger partial charge in [0, 0.05) is 6.54 Å². The Morgan fingerprint density at radius 2 is 1.83 bits per heavy atom. The minimum absolute atomic E-state index is 0.0629. The molecule has 0 saturated carbocycles. The Balaban J connectivity index is 2.02. The highest BCUT2D eigenvalue weighted by Gasteiger charge is 2.21. The van der Waals surface area contributed by atoms with Gasteiger partial charge >= 0.3 is 11.9 Å². The highest BCUT2D eigenvalue weighted by atomic mass is 16.6. The zero-order valence-electron chi connectivity index (χ0n) is 17.0. The minimum atomic E-state index is -1.62. The van der Waals surface area contributed by atoms with Gasteiger partial charge in [0.2, 0.25) is 0 Å². The fraction of sp³-hybridized carbons (Fsp3) is 0.364. The predicted molar refractivity (Wildman–Crippen MR) is 108 cm³/mol. The summed E-state index contributed by atoms with van der Waals surface area (Å²) in [5.74, 6) is -1.40. The van der Waals surface area contributed by atoms with Crippen molar-refractivity contribution in [1.29, 1.82) is 0 Å². The van der Waals surface area contributed by atoms with Gasteiger partial charge in [-0.3, -0.25) is 0 Å². The number of rotatable bonds is 10. The molecule has 0 saturated heterocycles. The predicted octanol–water partition coefficient (Wildman–Crippen LogP) is 2.42. The average Bonchev–Trinajstić information content (AvgIpc) is 2.70. The fourth-order valence-corrected chi connectivity index (χ4v) is 2.87. The Kier molecular flexibility index (Phi) is 8.48. The number of aliphatic carboxylic acids is 1. The van der Waals surface area contributed by atoms with E-state index in [1.165, 1.54) is 0 Å². The van der Waals surface area contributed by atoms with Crippen molar-refractivity contribution in [3.63, 3.8) is 0 Å². The number of aryl methyl sites for hydroxylation is 2. The summed E-state index contributed by atoms with van der Waals surface area (Å²) in [6, 6.07) is 15.6. The molecule has 0 amide bonds. The number of esters is 1. The first-order valence-corrected chi connectivity index (χ1v) is 9.31. The number of carbonyl (C=O) groups excluding carboxylic acids is 1. The van der Waals surface area contributed by atoms with E-state index < -0.39 is 18.0 Å². The van der Waals surface area contributed by atoms with E-state index in [1.54, 1.807) is 12.0 Å². The monoisotopic (exact) mass is 401 g/mol. The maximum absolute atomic E-state index is 11.4. The normalized spacial score (nSPS) is 11.7. The summed E-state index contributed by atoms with van der Waals surface area (Å²) in [7, 11) is 5.26. The number of carboxylic acids is 1. The summed E-state index contributed by atoms with van der Waals surface area (Å²) in [6.45, 7) is 0.415. The number of para-hydroxylation sites is 1. The van der Waals surface area contributed by atoms with E-state index in [4.69, 9.17) is 19.3 Å². The highest BCUT2D eigenvalue weighted by molar-refractivity contribution is 6.28. The summed E-state index contributed by atoms with van der Waals surface area (Å²) in [6.07, 6.45) is 0.878. The van der Waals surface area contributed by atoms with Crippen LogP contribution in [0.15, 0.2) is 48.5 Å². The van der Waals surface area contributed by atoms with Crippen LogP contribution in [-0.4, -0.2) is 62.4 Å². The summed E-state index contributed by atoms with van der Waals surface area (Å²) >= 11 is 0. The molecule has 0 fully saturated rings. The lowest BCUT2D eigenvalue weighted by Crippen LogP contribution is -2.37. The Morgan fingerprint density at radius 3 is 2.52 bits per heavy atom. The largest absolute Gasteiger partial charge is 0.497 e. The summed E-state index contributed by atoms with van der Waals surface area (Å²) < 4.78 is 16.2. The van der Waals surface area contributed by atoms with Crippen LogP contribution in [-0.2, 0) is 27.2 Å². The molecule has 156 valence electrons.